The SMILES string of the molecule is COC(=O)C1=C(O)[C@@H](C(=O)OC)[C@]2(O)[C@H](C(=O)OC)[C@H](C)C[C@@H]1[C@@H]2C(=O)OC. The predicted molar refractivity (Wildman–Crippen MR) is 90.4 cm³/mol. The number of fused-ring (bicyclic) bond motifs is 2. The van der Waals surface area contributed by atoms with E-state index in [4.69, 9.17) is 14.2 Å². The number of rotatable bonds is 4. The van der Waals surface area contributed by atoms with Gasteiger partial charge in [-0.05, 0) is 12.3 Å². The molecule has 1 fully saturated rings. The first kappa shape index (κ1) is 21.7. The Hall–Kier alpha value is -2.62. The molecule has 0 heterocycles. The van der Waals surface area contributed by atoms with Crippen LogP contribution in [-0.4, -0.2) is 68.1 Å². The molecule has 2 aliphatic rings. The van der Waals surface area contributed by atoms with Crippen molar-refractivity contribution in [2.75, 3.05) is 28.4 Å². The molecule has 1 saturated carbocycles. The third kappa shape index (κ3) is 2.92. The normalized spacial score (nSPS) is 34.3. The fourth-order valence-electron chi connectivity index (χ4n) is 4.66. The summed E-state index contributed by atoms with van der Waals surface area (Å²) in [6.45, 7) is 1.61. The van der Waals surface area contributed by atoms with Crippen molar-refractivity contribution >= 4 is 23.9 Å². The molecule has 2 aliphatic carbocycles. The van der Waals surface area contributed by atoms with Gasteiger partial charge in [-0.1, -0.05) is 6.92 Å². The standard InChI is InChI=1S/C18H24O10/c1-7-6-8-9(14(20)25-2)13(19)12(17(23)28-5)18(24,10(7)15(21)26-3)11(8)16(22)27-4/h7-8,10-12,19,24H,6H2,1-5H3/t7-,8+,10+,11-,12+,18+/m1/s1. The molecular formula is C18H24O10. The highest BCUT2D eigenvalue weighted by molar-refractivity contribution is 5.95. The summed E-state index contributed by atoms with van der Waals surface area (Å²) in [5.41, 5.74) is -2.76. The van der Waals surface area contributed by atoms with Crippen molar-refractivity contribution in [2.45, 2.75) is 18.9 Å². The van der Waals surface area contributed by atoms with E-state index in [1.165, 1.54) is 0 Å². The maximum Gasteiger partial charge on any atom is 0.337 e. The van der Waals surface area contributed by atoms with Crippen LogP contribution in [0.15, 0.2) is 11.3 Å². The van der Waals surface area contributed by atoms with Crippen LogP contribution in [0.25, 0.3) is 0 Å². The largest absolute Gasteiger partial charge is 0.511 e. The van der Waals surface area contributed by atoms with Crippen LogP contribution >= 0.6 is 0 Å². The number of carbonyl (C=O) groups excluding carboxylic acids is 4. The minimum atomic E-state index is -2.43. The summed E-state index contributed by atoms with van der Waals surface area (Å²) < 4.78 is 19.0. The van der Waals surface area contributed by atoms with Gasteiger partial charge in [-0.15, -0.1) is 0 Å². The summed E-state index contributed by atoms with van der Waals surface area (Å²) in [7, 11) is 4.26. The highest BCUT2D eigenvalue weighted by atomic mass is 16.5. The van der Waals surface area contributed by atoms with Crippen molar-refractivity contribution in [3.63, 3.8) is 0 Å². The zero-order valence-corrected chi connectivity index (χ0v) is 16.3. The molecule has 0 aromatic rings. The van der Waals surface area contributed by atoms with Gasteiger partial charge in [0.1, 0.15) is 17.3 Å². The monoisotopic (exact) mass is 400 g/mol. The quantitative estimate of drug-likeness (QED) is 0.478. The van der Waals surface area contributed by atoms with Crippen LogP contribution in [0.3, 0.4) is 0 Å². The molecule has 6 atom stereocenters. The molecule has 0 aliphatic heterocycles. The summed E-state index contributed by atoms with van der Waals surface area (Å²) >= 11 is 0. The Morgan fingerprint density at radius 1 is 0.893 bits per heavy atom. The topological polar surface area (TPSA) is 146 Å². The van der Waals surface area contributed by atoms with Gasteiger partial charge in [0.2, 0.25) is 0 Å². The first-order valence-corrected chi connectivity index (χ1v) is 8.58. The molecule has 28 heavy (non-hydrogen) atoms. The number of aliphatic hydroxyl groups excluding tert-OH is 1. The van der Waals surface area contributed by atoms with Crippen LogP contribution < -0.4 is 0 Å². The van der Waals surface area contributed by atoms with E-state index < -0.39 is 64.8 Å². The lowest BCUT2D eigenvalue weighted by Crippen LogP contribution is -2.68. The van der Waals surface area contributed by atoms with Crippen LogP contribution in [0, 0.1) is 29.6 Å². The molecule has 0 unspecified atom stereocenters. The second kappa shape index (κ2) is 7.78. The minimum Gasteiger partial charge on any atom is -0.511 e. The molecule has 0 radical (unpaired) electrons. The van der Waals surface area contributed by atoms with Crippen LogP contribution in [0.2, 0.25) is 0 Å². The van der Waals surface area contributed by atoms with Gasteiger partial charge in [0.25, 0.3) is 0 Å². The van der Waals surface area contributed by atoms with E-state index in [0.717, 1.165) is 28.4 Å². The highest BCUT2D eigenvalue weighted by Gasteiger charge is 2.70. The lowest BCUT2D eigenvalue weighted by Gasteiger charge is -2.54. The number of aliphatic hydroxyl groups is 2. The van der Waals surface area contributed by atoms with E-state index in [9.17, 15) is 29.4 Å². The molecule has 0 aromatic heterocycles. The number of hydrogen-bond acceptors (Lipinski definition) is 10. The maximum absolute atomic E-state index is 12.6. The second-order valence-corrected chi connectivity index (χ2v) is 6.96. The summed E-state index contributed by atoms with van der Waals surface area (Å²) in [6, 6.07) is 0. The van der Waals surface area contributed by atoms with Gasteiger partial charge in [0, 0.05) is 5.92 Å². The van der Waals surface area contributed by atoms with Gasteiger partial charge in [-0.2, -0.15) is 0 Å². The van der Waals surface area contributed by atoms with Gasteiger partial charge in [0.05, 0.1) is 45.8 Å². The Kier molecular flexibility index (Phi) is 6.03. The molecule has 0 spiro atoms. The molecule has 2 rings (SSSR count). The van der Waals surface area contributed by atoms with Gasteiger partial charge in [-0.25, -0.2) is 4.79 Å². The third-order valence-electron chi connectivity index (χ3n) is 5.73. The Morgan fingerprint density at radius 3 is 1.86 bits per heavy atom. The van der Waals surface area contributed by atoms with Crippen LogP contribution in [0.1, 0.15) is 13.3 Å². The molecule has 0 aromatic carbocycles. The first-order chi connectivity index (χ1) is 13.1. The summed E-state index contributed by atoms with van der Waals surface area (Å²) in [5, 5.41) is 22.4. The Bertz CT molecular complexity index is 726. The second-order valence-electron chi connectivity index (χ2n) is 6.96. The number of ether oxygens (including phenoxy) is 4. The predicted octanol–water partition coefficient (Wildman–Crippen LogP) is -0.260. The summed E-state index contributed by atoms with van der Waals surface area (Å²) in [4.78, 5) is 50.0. The molecule has 10 nitrogen and oxygen atoms in total. The van der Waals surface area contributed by atoms with E-state index >= 15 is 0 Å². The Balaban J connectivity index is 2.89. The number of carbonyl (C=O) groups is 4. The maximum atomic E-state index is 12.6. The van der Waals surface area contributed by atoms with Crippen LogP contribution in [0.4, 0.5) is 0 Å². The van der Waals surface area contributed by atoms with E-state index in [2.05, 4.69) is 4.74 Å². The fraction of sp³-hybridized carbons (Fsp3) is 0.667. The Labute approximate surface area is 161 Å². The molecule has 156 valence electrons. The molecular weight excluding hydrogens is 376 g/mol. The number of methoxy groups -OCH3 is 4. The van der Waals surface area contributed by atoms with Crippen molar-refractivity contribution in [3.8, 4) is 0 Å². The first-order valence-electron chi connectivity index (χ1n) is 8.58. The van der Waals surface area contributed by atoms with Crippen LogP contribution in [0.5, 0.6) is 0 Å². The average Bonchev–Trinajstić information content (AvgIpc) is 2.65. The fourth-order valence-corrected chi connectivity index (χ4v) is 4.66. The third-order valence-corrected chi connectivity index (χ3v) is 5.73. The van der Waals surface area contributed by atoms with E-state index in [1.807, 2.05) is 0 Å². The zero-order valence-electron chi connectivity index (χ0n) is 16.3. The van der Waals surface area contributed by atoms with Gasteiger partial charge in [-0.3, -0.25) is 14.4 Å². The van der Waals surface area contributed by atoms with Gasteiger partial charge >= 0.3 is 23.9 Å². The smallest absolute Gasteiger partial charge is 0.337 e. The molecule has 2 bridgehead atoms. The summed E-state index contributed by atoms with van der Waals surface area (Å²) in [6.07, 6.45) is 0.0598. The van der Waals surface area contributed by atoms with Crippen LogP contribution in [-0.2, 0) is 38.1 Å². The van der Waals surface area contributed by atoms with E-state index in [-0.39, 0.29) is 12.0 Å². The molecule has 10 heteroatoms. The number of hydrogen-bond donors (Lipinski definition) is 2. The van der Waals surface area contributed by atoms with Crippen molar-refractivity contribution < 1.29 is 48.3 Å². The van der Waals surface area contributed by atoms with Crippen molar-refractivity contribution in [2.24, 2.45) is 29.6 Å². The number of esters is 4. The summed E-state index contributed by atoms with van der Waals surface area (Å²) in [5.74, 6) is -11.1. The highest BCUT2D eigenvalue weighted by Crippen LogP contribution is 2.57. The lowest BCUT2D eigenvalue weighted by molar-refractivity contribution is -0.212. The van der Waals surface area contributed by atoms with E-state index in [1.54, 1.807) is 6.92 Å². The van der Waals surface area contributed by atoms with Gasteiger partial charge < -0.3 is 29.2 Å². The average molecular weight is 400 g/mol. The molecule has 0 saturated heterocycles. The lowest BCUT2D eigenvalue weighted by atomic mass is 9.50. The zero-order chi connectivity index (χ0) is 21.4. The van der Waals surface area contributed by atoms with E-state index in [0.29, 0.717) is 0 Å². The Morgan fingerprint density at radius 2 is 1.39 bits per heavy atom. The minimum absolute atomic E-state index is 0.0598. The van der Waals surface area contributed by atoms with Gasteiger partial charge in [0.15, 0.2) is 0 Å². The van der Waals surface area contributed by atoms with Crippen molar-refractivity contribution in [3.05, 3.63) is 11.3 Å². The molecule has 0 amide bonds. The molecule has 2 N–H and O–H groups in total. The van der Waals surface area contributed by atoms with Crippen molar-refractivity contribution in [1.82, 2.24) is 0 Å². The van der Waals surface area contributed by atoms with Crippen molar-refractivity contribution in [1.29, 1.82) is 0 Å².